The topological polar surface area (TPSA) is 32.7 Å². The molecule has 0 amide bonds. The first-order valence-electron chi connectivity index (χ1n) is 3.95. The largest absolute Gasteiger partial charge is 0.395 e. The number of aliphatic hydroxyl groups is 1. The summed E-state index contributed by atoms with van der Waals surface area (Å²) in [6.07, 6.45) is 0. The van der Waals surface area contributed by atoms with E-state index in [9.17, 15) is 0 Å². The number of methoxy groups -OCH3 is 1. The molecule has 0 aliphatic carbocycles. The molecule has 0 fully saturated rings. The molecule has 0 heterocycles. The highest BCUT2D eigenvalue weighted by atomic mass is 16.5. The van der Waals surface area contributed by atoms with Gasteiger partial charge in [-0.1, -0.05) is 0 Å². The Labute approximate surface area is 69.0 Å². The Morgan fingerprint density at radius 3 is 2.27 bits per heavy atom. The van der Waals surface area contributed by atoms with Crippen LogP contribution in [-0.4, -0.2) is 49.5 Å². The van der Waals surface area contributed by atoms with Gasteiger partial charge in [0.25, 0.3) is 0 Å². The first-order valence-corrected chi connectivity index (χ1v) is 3.95. The van der Waals surface area contributed by atoms with Crippen LogP contribution in [0.15, 0.2) is 0 Å². The van der Waals surface area contributed by atoms with Crippen LogP contribution in [0.5, 0.6) is 0 Å². The lowest BCUT2D eigenvalue weighted by Gasteiger charge is -2.29. The maximum atomic E-state index is 8.95. The van der Waals surface area contributed by atoms with Gasteiger partial charge in [-0.25, -0.2) is 0 Å². The lowest BCUT2D eigenvalue weighted by molar-refractivity contribution is 0.0518. The van der Waals surface area contributed by atoms with Crippen molar-refractivity contribution in [3.63, 3.8) is 0 Å². The van der Waals surface area contributed by atoms with E-state index in [2.05, 4.69) is 18.7 Å². The summed E-state index contributed by atoms with van der Waals surface area (Å²) in [5.74, 6) is 0. The smallest absolute Gasteiger partial charge is 0.0640 e. The van der Waals surface area contributed by atoms with Crippen LogP contribution in [0.1, 0.15) is 13.8 Å². The fourth-order valence-electron chi connectivity index (χ4n) is 0.913. The summed E-state index contributed by atoms with van der Waals surface area (Å²) in [7, 11) is 3.64. The quantitative estimate of drug-likeness (QED) is 0.631. The Morgan fingerprint density at radius 1 is 1.45 bits per heavy atom. The van der Waals surface area contributed by atoms with Gasteiger partial charge in [-0.15, -0.1) is 0 Å². The van der Waals surface area contributed by atoms with E-state index in [4.69, 9.17) is 9.84 Å². The molecule has 3 heteroatoms. The Hall–Kier alpha value is -0.120. The summed E-state index contributed by atoms with van der Waals surface area (Å²) in [5.41, 5.74) is 0. The van der Waals surface area contributed by atoms with Gasteiger partial charge in [-0.3, -0.25) is 4.90 Å². The van der Waals surface area contributed by atoms with Crippen molar-refractivity contribution in [2.45, 2.75) is 25.9 Å². The molecule has 0 aromatic carbocycles. The Balaban J connectivity index is 3.81. The van der Waals surface area contributed by atoms with Gasteiger partial charge in [0.2, 0.25) is 0 Å². The first kappa shape index (κ1) is 10.9. The van der Waals surface area contributed by atoms with E-state index in [1.165, 1.54) is 0 Å². The molecule has 1 N–H and O–H groups in total. The molecule has 11 heavy (non-hydrogen) atoms. The third-order valence-electron chi connectivity index (χ3n) is 1.96. The highest BCUT2D eigenvalue weighted by Crippen LogP contribution is 2.01. The van der Waals surface area contributed by atoms with E-state index in [1.54, 1.807) is 7.11 Å². The third kappa shape index (κ3) is 3.70. The van der Waals surface area contributed by atoms with E-state index >= 15 is 0 Å². The van der Waals surface area contributed by atoms with Gasteiger partial charge in [0.1, 0.15) is 0 Å². The van der Waals surface area contributed by atoms with E-state index in [0.717, 1.165) is 0 Å². The summed E-state index contributed by atoms with van der Waals surface area (Å²) < 4.78 is 4.96. The van der Waals surface area contributed by atoms with Crippen LogP contribution in [0.2, 0.25) is 0 Å². The molecule has 0 spiro atoms. The van der Waals surface area contributed by atoms with E-state index in [0.29, 0.717) is 12.6 Å². The average Bonchev–Trinajstić information content (AvgIpc) is 1.98. The van der Waals surface area contributed by atoms with Gasteiger partial charge in [0.05, 0.1) is 19.3 Å². The number of rotatable bonds is 5. The van der Waals surface area contributed by atoms with Crippen LogP contribution in [0.4, 0.5) is 0 Å². The highest BCUT2D eigenvalue weighted by molar-refractivity contribution is 4.69. The van der Waals surface area contributed by atoms with Crippen molar-refractivity contribution in [3.8, 4) is 0 Å². The zero-order chi connectivity index (χ0) is 8.85. The second-order valence-corrected chi connectivity index (χ2v) is 3.05. The lowest BCUT2D eigenvalue weighted by atomic mass is 10.2. The van der Waals surface area contributed by atoms with Crippen LogP contribution in [-0.2, 0) is 4.74 Å². The molecule has 68 valence electrons. The predicted octanol–water partition coefficient (Wildman–Crippen LogP) is 0.334. The summed E-state index contributed by atoms with van der Waals surface area (Å²) >= 11 is 0. The van der Waals surface area contributed by atoms with E-state index < -0.39 is 0 Å². The van der Waals surface area contributed by atoms with Crippen molar-refractivity contribution in [1.82, 2.24) is 4.90 Å². The number of ether oxygens (including phenoxy) is 1. The molecule has 0 saturated heterocycles. The summed E-state index contributed by atoms with van der Waals surface area (Å²) in [6, 6.07) is 0.572. The molecule has 1 unspecified atom stereocenters. The summed E-state index contributed by atoms with van der Waals surface area (Å²) in [6.45, 7) is 4.93. The number of hydrogen-bond donors (Lipinski definition) is 1. The standard InChI is InChI=1S/C8H19NO2/c1-7(2)9(3)8(5-10)6-11-4/h7-8,10H,5-6H2,1-4H3. The predicted molar refractivity (Wildman–Crippen MR) is 45.6 cm³/mol. The van der Waals surface area contributed by atoms with Gasteiger partial charge in [-0.2, -0.15) is 0 Å². The molecular weight excluding hydrogens is 142 g/mol. The summed E-state index contributed by atoms with van der Waals surface area (Å²) in [5, 5.41) is 8.95. The SMILES string of the molecule is COCC(CO)N(C)C(C)C. The molecule has 3 nitrogen and oxygen atoms in total. The molecule has 0 aliphatic rings. The van der Waals surface area contributed by atoms with Crippen LogP contribution < -0.4 is 0 Å². The number of hydrogen-bond acceptors (Lipinski definition) is 3. The minimum absolute atomic E-state index is 0.125. The molecule has 0 aliphatic heterocycles. The Bertz CT molecular complexity index is 96.1. The Kier molecular flexibility index (Phi) is 5.46. The number of aliphatic hydroxyl groups excluding tert-OH is 1. The van der Waals surface area contributed by atoms with Gasteiger partial charge in [0.15, 0.2) is 0 Å². The zero-order valence-electron chi connectivity index (χ0n) is 7.87. The number of nitrogens with zero attached hydrogens (tertiary/aromatic N) is 1. The van der Waals surface area contributed by atoms with Crippen molar-refractivity contribution in [2.24, 2.45) is 0 Å². The minimum Gasteiger partial charge on any atom is -0.395 e. The molecule has 0 bridgehead atoms. The van der Waals surface area contributed by atoms with Crippen LogP contribution >= 0.6 is 0 Å². The van der Waals surface area contributed by atoms with E-state index in [1.807, 2.05) is 7.05 Å². The number of likely N-dealkylation sites (N-methyl/N-ethyl adjacent to an activating group) is 1. The normalized spacial score (nSPS) is 14.5. The first-order chi connectivity index (χ1) is 5.13. The molecule has 0 aromatic rings. The zero-order valence-corrected chi connectivity index (χ0v) is 7.87. The fraction of sp³-hybridized carbons (Fsp3) is 1.00. The molecule has 0 saturated carbocycles. The summed E-state index contributed by atoms with van der Waals surface area (Å²) in [4.78, 5) is 2.10. The van der Waals surface area contributed by atoms with Gasteiger partial charge >= 0.3 is 0 Å². The second kappa shape index (κ2) is 5.52. The molecular formula is C8H19NO2. The average molecular weight is 161 g/mol. The van der Waals surface area contributed by atoms with Crippen LogP contribution in [0.3, 0.4) is 0 Å². The van der Waals surface area contributed by atoms with Crippen molar-refractivity contribution in [2.75, 3.05) is 27.4 Å². The second-order valence-electron chi connectivity index (χ2n) is 3.05. The van der Waals surface area contributed by atoms with Gasteiger partial charge in [-0.05, 0) is 20.9 Å². The Morgan fingerprint density at radius 2 is 2.00 bits per heavy atom. The molecule has 0 radical (unpaired) electrons. The van der Waals surface area contributed by atoms with Crippen molar-refractivity contribution < 1.29 is 9.84 Å². The lowest BCUT2D eigenvalue weighted by Crippen LogP contribution is -2.42. The van der Waals surface area contributed by atoms with Crippen LogP contribution in [0, 0.1) is 0 Å². The highest BCUT2D eigenvalue weighted by Gasteiger charge is 2.15. The van der Waals surface area contributed by atoms with Gasteiger partial charge in [0, 0.05) is 13.2 Å². The van der Waals surface area contributed by atoms with Crippen molar-refractivity contribution in [1.29, 1.82) is 0 Å². The monoisotopic (exact) mass is 161 g/mol. The maximum absolute atomic E-state index is 8.95. The minimum atomic E-state index is 0.125. The van der Waals surface area contributed by atoms with E-state index in [-0.39, 0.29) is 12.6 Å². The van der Waals surface area contributed by atoms with Gasteiger partial charge < -0.3 is 9.84 Å². The fourth-order valence-corrected chi connectivity index (χ4v) is 0.913. The van der Waals surface area contributed by atoms with Crippen molar-refractivity contribution in [3.05, 3.63) is 0 Å². The van der Waals surface area contributed by atoms with Crippen molar-refractivity contribution >= 4 is 0 Å². The maximum Gasteiger partial charge on any atom is 0.0640 e. The molecule has 1 atom stereocenters. The molecule has 0 aromatic heterocycles. The molecule has 0 rings (SSSR count). The third-order valence-corrected chi connectivity index (χ3v) is 1.96. The van der Waals surface area contributed by atoms with Crippen LogP contribution in [0.25, 0.3) is 0 Å².